The molecular weight excluding hydrogens is 370 g/mol. The van der Waals surface area contributed by atoms with Gasteiger partial charge in [-0.3, -0.25) is 4.79 Å². The molecule has 1 aliphatic carbocycles. The number of carbonyl (C=O) groups excluding carboxylic acids is 1. The van der Waals surface area contributed by atoms with Gasteiger partial charge < -0.3 is 5.32 Å². The van der Waals surface area contributed by atoms with Crippen LogP contribution in [0.2, 0.25) is 5.02 Å². The zero-order chi connectivity index (χ0) is 14.8. The maximum atomic E-state index is 12.4. The maximum Gasteiger partial charge on any atom is 0.265 e. The minimum absolute atomic E-state index is 0.0592. The van der Waals surface area contributed by atoms with E-state index in [0.29, 0.717) is 10.7 Å². The van der Waals surface area contributed by atoms with Gasteiger partial charge in [-0.1, -0.05) is 24.1 Å². The van der Waals surface area contributed by atoms with E-state index in [-0.39, 0.29) is 5.91 Å². The van der Waals surface area contributed by atoms with E-state index in [9.17, 15) is 4.79 Å². The monoisotopic (exact) mass is 383 g/mol. The number of halogens is 2. The highest BCUT2D eigenvalue weighted by molar-refractivity contribution is 9.10. The van der Waals surface area contributed by atoms with Crippen LogP contribution in [-0.2, 0) is 12.8 Å². The average molecular weight is 385 g/mol. The second-order valence-corrected chi connectivity index (χ2v) is 7.51. The van der Waals surface area contributed by atoms with Crippen LogP contribution < -0.4 is 5.32 Å². The van der Waals surface area contributed by atoms with Crippen molar-refractivity contribution in [1.82, 2.24) is 0 Å². The molecule has 5 heteroatoms. The number of aryl methyl sites for hydroxylation is 2. The lowest BCUT2D eigenvalue weighted by molar-refractivity contribution is 0.103. The number of amides is 1. The number of rotatable bonds is 2. The van der Waals surface area contributed by atoms with Crippen LogP contribution in [0.25, 0.3) is 0 Å². The lowest BCUT2D eigenvalue weighted by Gasteiger charge is -2.07. The fourth-order valence-corrected chi connectivity index (χ4v) is 4.25. The SMILES string of the molecule is O=C(Nc1cccc(Cl)c1Br)c1cc2c(s1)CCCCC2. The topological polar surface area (TPSA) is 29.1 Å². The Bertz CT molecular complexity index is 659. The number of thiophene rings is 1. The van der Waals surface area contributed by atoms with Crippen LogP contribution >= 0.6 is 38.9 Å². The minimum Gasteiger partial charge on any atom is -0.320 e. The molecule has 1 aromatic carbocycles. The quantitative estimate of drug-likeness (QED) is 0.663. The van der Waals surface area contributed by atoms with Crippen LogP contribution in [0.4, 0.5) is 5.69 Å². The van der Waals surface area contributed by atoms with Crippen molar-refractivity contribution in [3.05, 3.63) is 49.1 Å². The predicted octanol–water partition coefficient (Wildman–Crippen LogP) is 5.69. The summed E-state index contributed by atoms with van der Waals surface area (Å²) in [4.78, 5) is 14.6. The van der Waals surface area contributed by atoms with Crippen molar-refractivity contribution in [3.8, 4) is 0 Å². The van der Waals surface area contributed by atoms with Gasteiger partial charge in [-0.25, -0.2) is 0 Å². The van der Waals surface area contributed by atoms with Gasteiger partial charge in [0.05, 0.1) is 20.1 Å². The van der Waals surface area contributed by atoms with Gasteiger partial charge >= 0.3 is 0 Å². The first-order valence-electron chi connectivity index (χ1n) is 7.02. The molecule has 2 aromatic rings. The van der Waals surface area contributed by atoms with Crippen molar-refractivity contribution < 1.29 is 4.79 Å². The first-order valence-corrected chi connectivity index (χ1v) is 9.01. The van der Waals surface area contributed by atoms with E-state index in [1.54, 1.807) is 17.4 Å². The van der Waals surface area contributed by atoms with Crippen LogP contribution in [0.5, 0.6) is 0 Å². The molecule has 1 aliphatic rings. The number of benzene rings is 1. The molecule has 0 fully saturated rings. The molecule has 3 rings (SSSR count). The van der Waals surface area contributed by atoms with Crippen LogP contribution in [0.15, 0.2) is 28.7 Å². The summed E-state index contributed by atoms with van der Waals surface area (Å²) < 4.78 is 0.720. The molecule has 21 heavy (non-hydrogen) atoms. The molecular formula is C16H15BrClNOS. The summed E-state index contributed by atoms with van der Waals surface area (Å²) in [6.45, 7) is 0. The summed E-state index contributed by atoms with van der Waals surface area (Å²) in [6, 6.07) is 7.51. The van der Waals surface area contributed by atoms with Crippen molar-refractivity contribution in [3.63, 3.8) is 0 Å². The Morgan fingerprint density at radius 1 is 1.24 bits per heavy atom. The number of hydrogen-bond acceptors (Lipinski definition) is 2. The Kier molecular flexibility index (Phi) is 4.67. The minimum atomic E-state index is -0.0592. The summed E-state index contributed by atoms with van der Waals surface area (Å²) in [5, 5.41) is 3.52. The van der Waals surface area contributed by atoms with E-state index in [0.717, 1.165) is 22.2 Å². The van der Waals surface area contributed by atoms with Gasteiger partial charge in [0.1, 0.15) is 0 Å². The van der Waals surface area contributed by atoms with Crippen molar-refractivity contribution >= 4 is 50.5 Å². The van der Waals surface area contributed by atoms with E-state index in [1.165, 1.54) is 29.7 Å². The molecule has 0 radical (unpaired) electrons. The van der Waals surface area contributed by atoms with Gasteiger partial charge in [-0.05, 0) is 65.4 Å². The third-order valence-corrected chi connectivity index (χ3v) is 6.30. The molecule has 0 saturated carbocycles. The van der Waals surface area contributed by atoms with Gasteiger partial charge in [-0.2, -0.15) is 0 Å². The Balaban J connectivity index is 1.81. The van der Waals surface area contributed by atoms with Crippen LogP contribution in [0.3, 0.4) is 0 Å². The van der Waals surface area contributed by atoms with Crippen LogP contribution in [0.1, 0.15) is 39.4 Å². The highest BCUT2D eigenvalue weighted by atomic mass is 79.9. The third-order valence-electron chi connectivity index (χ3n) is 3.67. The first-order chi connectivity index (χ1) is 10.1. The summed E-state index contributed by atoms with van der Waals surface area (Å²) in [6.07, 6.45) is 5.95. The number of anilines is 1. The molecule has 0 bridgehead atoms. The Morgan fingerprint density at radius 2 is 2.05 bits per heavy atom. The van der Waals surface area contributed by atoms with Crippen LogP contribution in [0, 0.1) is 0 Å². The van der Waals surface area contributed by atoms with E-state index >= 15 is 0 Å². The first kappa shape index (κ1) is 15.1. The van der Waals surface area contributed by atoms with Gasteiger partial charge in [0, 0.05) is 4.88 Å². The van der Waals surface area contributed by atoms with Crippen molar-refractivity contribution in [1.29, 1.82) is 0 Å². The summed E-state index contributed by atoms with van der Waals surface area (Å²) in [5.74, 6) is -0.0592. The standard InChI is InChI=1S/C16H15BrClNOS/c17-15-11(18)6-4-7-12(15)19-16(20)14-9-10-5-2-1-3-8-13(10)21-14/h4,6-7,9H,1-3,5,8H2,(H,19,20). The maximum absolute atomic E-state index is 12.4. The summed E-state index contributed by atoms with van der Waals surface area (Å²) in [7, 11) is 0. The molecule has 110 valence electrons. The van der Waals surface area contributed by atoms with E-state index in [2.05, 4.69) is 27.3 Å². The number of hydrogen-bond donors (Lipinski definition) is 1. The van der Waals surface area contributed by atoms with Gasteiger partial charge in [0.25, 0.3) is 5.91 Å². The highest BCUT2D eigenvalue weighted by Crippen LogP contribution is 2.32. The van der Waals surface area contributed by atoms with E-state index < -0.39 is 0 Å². The van der Waals surface area contributed by atoms with Crippen molar-refractivity contribution in [2.75, 3.05) is 5.32 Å². The summed E-state index contributed by atoms with van der Waals surface area (Å²) in [5.41, 5.74) is 2.06. The average Bonchev–Trinajstić information content (AvgIpc) is 2.75. The predicted molar refractivity (Wildman–Crippen MR) is 92.7 cm³/mol. The molecule has 1 amide bonds. The molecule has 0 atom stereocenters. The van der Waals surface area contributed by atoms with Gasteiger partial charge in [0.2, 0.25) is 0 Å². The lowest BCUT2D eigenvalue weighted by atomic mass is 10.1. The summed E-state index contributed by atoms with van der Waals surface area (Å²) >= 11 is 11.1. The largest absolute Gasteiger partial charge is 0.320 e. The van der Waals surface area contributed by atoms with Crippen LogP contribution in [-0.4, -0.2) is 5.91 Å². The van der Waals surface area contributed by atoms with Gasteiger partial charge in [-0.15, -0.1) is 11.3 Å². The Labute approximate surface area is 141 Å². The lowest BCUT2D eigenvalue weighted by Crippen LogP contribution is -2.10. The molecule has 0 saturated heterocycles. The number of carbonyl (C=O) groups is 1. The Morgan fingerprint density at radius 3 is 2.90 bits per heavy atom. The molecule has 2 nitrogen and oxygen atoms in total. The fraction of sp³-hybridized carbons (Fsp3) is 0.312. The normalized spacial score (nSPS) is 14.4. The Hall–Kier alpha value is -0.840. The molecule has 1 N–H and O–H groups in total. The van der Waals surface area contributed by atoms with Crippen molar-refractivity contribution in [2.45, 2.75) is 32.1 Å². The fourth-order valence-electron chi connectivity index (χ4n) is 2.56. The highest BCUT2D eigenvalue weighted by Gasteiger charge is 2.17. The van der Waals surface area contributed by atoms with E-state index in [1.807, 2.05) is 12.1 Å². The molecule has 0 spiro atoms. The zero-order valence-corrected chi connectivity index (χ0v) is 14.6. The second-order valence-electron chi connectivity index (χ2n) is 5.18. The molecule has 0 aliphatic heterocycles. The van der Waals surface area contributed by atoms with Gasteiger partial charge in [0.15, 0.2) is 0 Å². The molecule has 1 heterocycles. The molecule has 0 unspecified atom stereocenters. The second kappa shape index (κ2) is 6.51. The zero-order valence-electron chi connectivity index (χ0n) is 11.4. The third kappa shape index (κ3) is 3.33. The van der Waals surface area contributed by atoms with E-state index in [4.69, 9.17) is 11.6 Å². The van der Waals surface area contributed by atoms with Crippen molar-refractivity contribution in [2.24, 2.45) is 0 Å². The number of nitrogens with one attached hydrogen (secondary N) is 1. The molecule has 1 aromatic heterocycles. The smallest absolute Gasteiger partial charge is 0.265 e. The number of fused-ring (bicyclic) bond motifs is 1.